The number of nitrogens with one attached hydrogen (secondary N) is 2. The highest BCUT2D eigenvalue weighted by Crippen LogP contribution is 2.21. The van der Waals surface area contributed by atoms with Gasteiger partial charge in [0.25, 0.3) is 0 Å². The molecule has 0 amide bonds. The molecule has 0 atom stereocenters. The molecule has 162 valence electrons. The maximum Gasteiger partial charge on any atom is 0.191 e. The first-order valence-corrected chi connectivity index (χ1v) is 10.1. The number of guanidine groups is 1. The monoisotopic (exact) mass is 514 g/mol. The zero-order valence-electron chi connectivity index (χ0n) is 18.2. The van der Waals surface area contributed by atoms with E-state index >= 15 is 0 Å². The zero-order valence-corrected chi connectivity index (χ0v) is 20.6. The quantitative estimate of drug-likeness (QED) is 0.288. The minimum Gasteiger partial charge on any atom is -0.493 e. The third-order valence-electron chi connectivity index (χ3n) is 4.50. The molecule has 0 unspecified atom stereocenters. The zero-order chi connectivity index (χ0) is 20.4. The number of halogens is 1. The Labute approximate surface area is 191 Å². The van der Waals surface area contributed by atoms with E-state index in [1.54, 1.807) is 13.4 Å². The van der Waals surface area contributed by atoms with Crippen molar-refractivity contribution in [3.05, 3.63) is 41.5 Å². The Morgan fingerprint density at radius 3 is 2.76 bits per heavy atom. The van der Waals surface area contributed by atoms with Crippen LogP contribution in [0.1, 0.15) is 44.1 Å². The smallest absolute Gasteiger partial charge is 0.191 e. The number of ether oxygens (including phenoxy) is 1. The SMILES string of the molecule is CCc1nncn1CCNC(=NC)NCc1ccc(C)cc1OCCC(C)C.I. The summed E-state index contributed by atoms with van der Waals surface area (Å²) in [6.07, 6.45) is 3.69. The van der Waals surface area contributed by atoms with E-state index in [-0.39, 0.29) is 24.0 Å². The molecule has 2 aromatic rings. The van der Waals surface area contributed by atoms with Gasteiger partial charge in [-0.1, -0.05) is 32.9 Å². The molecule has 29 heavy (non-hydrogen) atoms. The molecule has 0 aliphatic heterocycles. The fourth-order valence-electron chi connectivity index (χ4n) is 2.78. The molecule has 0 aliphatic rings. The third-order valence-corrected chi connectivity index (χ3v) is 4.50. The summed E-state index contributed by atoms with van der Waals surface area (Å²) >= 11 is 0. The Bertz CT molecular complexity index is 759. The lowest BCUT2D eigenvalue weighted by Crippen LogP contribution is -2.38. The molecular weight excluding hydrogens is 479 g/mol. The summed E-state index contributed by atoms with van der Waals surface area (Å²) in [5.74, 6) is 3.33. The second-order valence-corrected chi connectivity index (χ2v) is 7.29. The number of benzene rings is 1. The van der Waals surface area contributed by atoms with Gasteiger partial charge >= 0.3 is 0 Å². The van der Waals surface area contributed by atoms with Gasteiger partial charge in [0, 0.05) is 38.7 Å². The predicted molar refractivity (Wildman–Crippen MR) is 129 cm³/mol. The summed E-state index contributed by atoms with van der Waals surface area (Å²) in [5, 5.41) is 14.8. The predicted octanol–water partition coefficient (Wildman–Crippen LogP) is 3.56. The number of hydrogen-bond acceptors (Lipinski definition) is 4. The molecule has 0 radical (unpaired) electrons. The molecule has 2 N–H and O–H groups in total. The molecule has 7 nitrogen and oxygen atoms in total. The number of aromatic nitrogens is 3. The number of nitrogens with zero attached hydrogens (tertiary/aromatic N) is 4. The van der Waals surface area contributed by atoms with Crippen LogP contribution < -0.4 is 15.4 Å². The van der Waals surface area contributed by atoms with Gasteiger partial charge in [-0.25, -0.2) is 0 Å². The Balaban J connectivity index is 0.00000420. The molecule has 0 aliphatic carbocycles. The lowest BCUT2D eigenvalue weighted by molar-refractivity contribution is 0.286. The molecule has 1 aromatic carbocycles. The highest BCUT2D eigenvalue weighted by Gasteiger charge is 2.07. The van der Waals surface area contributed by atoms with Crippen molar-refractivity contribution in [3.8, 4) is 5.75 Å². The highest BCUT2D eigenvalue weighted by atomic mass is 127. The van der Waals surface area contributed by atoms with E-state index in [1.807, 2.05) is 0 Å². The first kappa shape index (κ1) is 25.2. The van der Waals surface area contributed by atoms with Crippen molar-refractivity contribution in [2.75, 3.05) is 20.2 Å². The van der Waals surface area contributed by atoms with E-state index < -0.39 is 0 Å². The minimum absolute atomic E-state index is 0. The summed E-state index contributed by atoms with van der Waals surface area (Å²) in [6, 6.07) is 6.33. The lowest BCUT2D eigenvalue weighted by Gasteiger charge is -2.16. The Hall–Kier alpha value is -1.84. The van der Waals surface area contributed by atoms with Crippen LogP contribution in [0, 0.1) is 12.8 Å². The summed E-state index contributed by atoms with van der Waals surface area (Å²) < 4.78 is 8.09. The summed E-state index contributed by atoms with van der Waals surface area (Å²) in [5.41, 5.74) is 2.33. The molecule has 0 saturated carbocycles. The number of aryl methyl sites for hydroxylation is 2. The number of hydrogen-bond donors (Lipinski definition) is 2. The van der Waals surface area contributed by atoms with Gasteiger partial charge in [-0.05, 0) is 30.9 Å². The molecule has 2 rings (SSSR count). The maximum absolute atomic E-state index is 6.03. The molecule has 0 spiro atoms. The average Bonchev–Trinajstić information content (AvgIpc) is 3.13. The second-order valence-electron chi connectivity index (χ2n) is 7.29. The summed E-state index contributed by atoms with van der Waals surface area (Å²) in [4.78, 5) is 4.31. The first-order valence-electron chi connectivity index (χ1n) is 10.1. The van der Waals surface area contributed by atoms with Gasteiger partial charge in [0.05, 0.1) is 6.61 Å². The Morgan fingerprint density at radius 1 is 1.28 bits per heavy atom. The fraction of sp³-hybridized carbons (Fsp3) is 0.571. The first-order chi connectivity index (χ1) is 13.5. The van der Waals surface area contributed by atoms with Crippen molar-refractivity contribution in [1.82, 2.24) is 25.4 Å². The Morgan fingerprint density at radius 2 is 2.07 bits per heavy atom. The van der Waals surface area contributed by atoms with Crippen molar-refractivity contribution < 1.29 is 4.74 Å². The van der Waals surface area contributed by atoms with Crippen LogP contribution in [-0.4, -0.2) is 40.9 Å². The standard InChI is InChI=1S/C21H34N6O.HI/c1-6-20-26-25-15-27(20)11-10-23-21(22-5)24-14-18-8-7-17(4)13-19(18)28-12-9-16(2)3;/h7-8,13,15-16H,6,9-12,14H2,1-5H3,(H2,22,23,24);1H. The molecule has 1 aromatic heterocycles. The Kier molecular flexibility index (Phi) is 11.6. The largest absolute Gasteiger partial charge is 0.493 e. The maximum atomic E-state index is 6.03. The molecule has 0 fully saturated rings. The van der Waals surface area contributed by atoms with E-state index in [0.29, 0.717) is 12.5 Å². The molecule has 0 saturated heterocycles. The van der Waals surface area contributed by atoms with Crippen LogP contribution in [0.25, 0.3) is 0 Å². The van der Waals surface area contributed by atoms with Crippen LogP contribution in [0.3, 0.4) is 0 Å². The van der Waals surface area contributed by atoms with Gasteiger partial charge in [-0.3, -0.25) is 4.99 Å². The van der Waals surface area contributed by atoms with Gasteiger partial charge < -0.3 is 19.9 Å². The van der Waals surface area contributed by atoms with Crippen LogP contribution in [-0.2, 0) is 19.5 Å². The fourth-order valence-corrected chi connectivity index (χ4v) is 2.78. The van der Waals surface area contributed by atoms with Crippen molar-refractivity contribution in [1.29, 1.82) is 0 Å². The lowest BCUT2D eigenvalue weighted by atomic mass is 10.1. The summed E-state index contributed by atoms with van der Waals surface area (Å²) in [7, 11) is 1.78. The van der Waals surface area contributed by atoms with E-state index in [1.165, 1.54) is 5.56 Å². The third kappa shape index (κ3) is 8.59. The topological polar surface area (TPSA) is 76.4 Å². The second kappa shape index (κ2) is 13.4. The molecular formula is C21H35IN6O. The van der Waals surface area contributed by atoms with Crippen LogP contribution in [0.2, 0.25) is 0 Å². The van der Waals surface area contributed by atoms with Crippen LogP contribution >= 0.6 is 24.0 Å². The molecule has 0 bridgehead atoms. The van der Waals surface area contributed by atoms with E-state index in [4.69, 9.17) is 4.74 Å². The van der Waals surface area contributed by atoms with Crippen LogP contribution in [0.4, 0.5) is 0 Å². The van der Waals surface area contributed by atoms with Gasteiger partial charge in [-0.2, -0.15) is 0 Å². The van der Waals surface area contributed by atoms with Gasteiger partial charge in [0.1, 0.15) is 17.9 Å². The van der Waals surface area contributed by atoms with Gasteiger partial charge in [-0.15, -0.1) is 34.2 Å². The van der Waals surface area contributed by atoms with E-state index in [0.717, 1.165) is 55.6 Å². The minimum atomic E-state index is 0. The molecule has 1 heterocycles. The van der Waals surface area contributed by atoms with Crippen molar-refractivity contribution in [3.63, 3.8) is 0 Å². The average molecular weight is 514 g/mol. The highest BCUT2D eigenvalue weighted by molar-refractivity contribution is 14.0. The van der Waals surface area contributed by atoms with E-state index in [9.17, 15) is 0 Å². The van der Waals surface area contributed by atoms with Crippen LogP contribution in [0.5, 0.6) is 5.75 Å². The van der Waals surface area contributed by atoms with Crippen molar-refractivity contribution in [2.24, 2.45) is 10.9 Å². The summed E-state index contributed by atoms with van der Waals surface area (Å²) in [6.45, 7) is 11.5. The molecule has 8 heteroatoms. The number of rotatable bonds is 10. The van der Waals surface area contributed by atoms with Gasteiger partial charge in [0.15, 0.2) is 5.96 Å². The van der Waals surface area contributed by atoms with Crippen molar-refractivity contribution >= 4 is 29.9 Å². The van der Waals surface area contributed by atoms with Crippen LogP contribution in [0.15, 0.2) is 29.5 Å². The van der Waals surface area contributed by atoms with Gasteiger partial charge in [0.2, 0.25) is 0 Å². The van der Waals surface area contributed by atoms with Crippen molar-refractivity contribution in [2.45, 2.75) is 53.6 Å². The van der Waals surface area contributed by atoms with E-state index in [2.05, 4.69) is 76.3 Å². The normalized spacial score (nSPS) is 11.3. The number of aliphatic imine (C=N–C) groups is 1.